The number of hydrogen-bond acceptors (Lipinski definition) is 21. The van der Waals surface area contributed by atoms with Gasteiger partial charge in [0.2, 0.25) is 17.8 Å². The summed E-state index contributed by atoms with van der Waals surface area (Å²) >= 11 is 0. The number of nitrogens with zero attached hydrogens (tertiary/aromatic N) is 14. The summed E-state index contributed by atoms with van der Waals surface area (Å²) in [5.74, 6) is 0.500. The molecular weight excluding hydrogens is 1220 g/mol. The lowest BCUT2D eigenvalue weighted by atomic mass is 9.84. The average molecular weight is 1310 g/mol. The number of amides is 1. The molecule has 29 heteroatoms. The fourth-order valence-electron chi connectivity index (χ4n) is 10.4. The molecule has 2 aromatic carbocycles. The molecule has 0 atom stereocenters. The number of nitrogens with one attached hydrogen (secondary N) is 4. The Bertz CT molecular complexity index is 3800. The molecule has 0 unspecified atom stereocenters. The zero-order chi connectivity index (χ0) is 68.4. The Morgan fingerprint density at radius 1 is 0.642 bits per heavy atom. The number of aliphatic carboxylic acids is 3. The highest BCUT2D eigenvalue weighted by atomic mass is 16.6. The van der Waals surface area contributed by atoms with E-state index < -0.39 is 41.1 Å². The van der Waals surface area contributed by atoms with Gasteiger partial charge in [-0.25, -0.2) is 24.6 Å². The van der Waals surface area contributed by atoms with Crippen LogP contribution in [0, 0.1) is 16.0 Å². The van der Waals surface area contributed by atoms with Crippen LogP contribution in [-0.4, -0.2) is 135 Å². The van der Waals surface area contributed by atoms with Crippen LogP contribution >= 0.6 is 0 Å². The van der Waals surface area contributed by atoms with E-state index in [0.29, 0.717) is 70.7 Å². The Morgan fingerprint density at radius 2 is 1.17 bits per heavy atom. The van der Waals surface area contributed by atoms with Crippen LogP contribution in [0.25, 0.3) is 33.5 Å². The van der Waals surface area contributed by atoms with Crippen LogP contribution in [0.3, 0.4) is 0 Å². The normalized spacial score (nSPS) is 12.4. The van der Waals surface area contributed by atoms with Crippen molar-refractivity contribution in [3.63, 3.8) is 0 Å². The van der Waals surface area contributed by atoms with Gasteiger partial charge in [0.25, 0.3) is 11.6 Å². The van der Waals surface area contributed by atoms with E-state index >= 15 is 0 Å². The molecule has 1 aliphatic carbocycles. The summed E-state index contributed by atoms with van der Waals surface area (Å²) in [5, 5.41) is 52.0. The minimum Gasteiger partial charge on any atom is -0.480 e. The van der Waals surface area contributed by atoms with Gasteiger partial charge in [0.15, 0.2) is 45.1 Å². The largest absolute Gasteiger partial charge is 0.480 e. The number of carboxylic acid groups (broad SMARTS) is 3. The van der Waals surface area contributed by atoms with Crippen molar-refractivity contribution in [3.8, 4) is 11.6 Å². The maximum atomic E-state index is 13.1. The summed E-state index contributed by atoms with van der Waals surface area (Å²) in [6.07, 6.45) is 21.6. The van der Waals surface area contributed by atoms with Crippen molar-refractivity contribution in [2.24, 2.45) is 5.92 Å². The third-order valence-corrected chi connectivity index (χ3v) is 15.3. The standard InChI is InChI=1S/C26H36N6O2.C23H28N6O7.C17H28N6O2/c1-2-3-4-8-15-27-24-23-25(32(18-29-23)17-22(33)34)31-26(30-24)28-16-19-11-13-21(14-12-19)20-9-6-5-7-10-20;1-5-6-7-11-28(22(32)36-23(2,3)4)21-25-19-18(24-14-27(19)13-17(30)31)20(26-21)35-16-10-8-9-15(12-16)29(33)34;1-4-5-6-8-19-17-21-15(18-9-7-12(2)3)14-16(22-17)23(11-20-14)10-13(24)25/h11-14,18,20H,2-10,15-17H2,1H3,(H,33,34)(H2,27,28,30,31);8-10,12,14H,5-7,11,13H2,1-4H3,(H,30,31);11-12H,4-10H2,1-3H3,(H,24,25)(H2,18,19,21,22). The Kier molecular flexibility index (Phi) is 27.5. The molecule has 29 nitrogen and oxygen atoms in total. The number of benzene rings is 2. The van der Waals surface area contributed by atoms with Crippen LogP contribution in [-0.2, 0) is 45.3 Å². The van der Waals surface area contributed by atoms with Crippen molar-refractivity contribution >= 4 is 92.7 Å². The van der Waals surface area contributed by atoms with Crippen LogP contribution in [0.2, 0.25) is 0 Å². The van der Waals surface area contributed by atoms with E-state index in [1.807, 2.05) is 6.92 Å². The minimum absolute atomic E-state index is 0.0691. The van der Waals surface area contributed by atoms with Gasteiger partial charge in [-0.3, -0.25) is 24.5 Å². The van der Waals surface area contributed by atoms with Gasteiger partial charge in [0.1, 0.15) is 31.0 Å². The summed E-state index contributed by atoms with van der Waals surface area (Å²) in [6, 6.07) is 14.3. The van der Waals surface area contributed by atoms with Crippen LogP contribution < -0.4 is 30.9 Å². The lowest BCUT2D eigenvalue weighted by Crippen LogP contribution is -2.38. The molecule has 0 saturated heterocycles. The molecule has 0 radical (unpaired) electrons. The molecule has 8 aromatic rings. The molecule has 1 saturated carbocycles. The summed E-state index contributed by atoms with van der Waals surface area (Å²) in [4.78, 5) is 98.6. The number of anilines is 5. The van der Waals surface area contributed by atoms with Crippen molar-refractivity contribution in [1.29, 1.82) is 0 Å². The number of fused-ring (bicyclic) bond motifs is 3. The SMILES string of the molecule is CCCCCCNc1nc(NCc2ccc(C3CCCCC3)cc2)nc2c1ncn2CC(=O)O.CCCCCN(C(=O)OC(C)(C)C)c1nc(Oc2cccc([N+](=O)[O-])c2)c2ncn(CC(=O)O)c2n1.CCCCCNc1nc(NCCC(C)C)c2ncn(CC(=O)O)c2n1. The Balaban J connectivity index is 0.000000205. The number of rotatable bonds is 33. The van der Waals surface area contributed by atoms with E-state index in [1.165, 1.54) is 108 Å². The topological polar surface area (TPSA) is 373 Å². The molecule has 0 aliphatic heterocycles. The van der Waals surface area contributed by atoms with Crippen LogP contribution in [0.5, 0.6) is 11.6 Å². The van der Waals surface area contributed by atoms with Crippen LogP contribution in [0.15, 0.2) is 67.5 Å². The molecule has 0 bridgehead atoms. The zero-order valence-electron chi connectivity index (χ0n) is 55.8. The molecule has 95 heavy (non-hydrogen) atoms. The predicted octanol–water partition coefficient (Wildman–Crippen LogP) is 13.1. The van der Waals surface area contributed by atoms with E-state index in [-0.39, 0.29) is 54.1 Å². The van der Waals surface area contributed by atoms with Crippen molar-refractivity contribution < 1.29 is 48.9 Å². The van der Waals surface area contributed by atoms with Gasteiger partial charge in [-0.15, -0.1) is 0 Å². The smallest absolute Gasteiger partial charge is 0.417 e. The van der Waals surface area contributed by atoms with Crippen LogP contribution in [0.4, 0.5) is 40.0 Å². The second kappa shape index (κ2) is 36.0. The Labute approximate surface area is 552 Å². The number of carbonyl (C=O) groups is 4. The number of aromatic nitrogens is 12. The third-order valence-electron chi connectivity index (χ3n) is 15.3. The second-order valence-electron chi connectivity index (χ2n) is 24.8. The number of carbonyl (C=O) groups excluding carboxylic acids is 1. The fraction of sp³-hybridized carbons (Fsp3) is 0.530. The van der Waals surface area contributed by atoms with Crippen molar-refractivity contribution in [1.82, 2.24) is 58.6 Å². The highest BCUT2D eigenvalue weighted by molar-refractivity contribution is 5.89. The molecule has 1 aliphatic rings. The van der Waals surface area contributed by atoms with E-state index in [1.54, 1.807) is 25.3 Å². The first-order valence-corrected chi connectivity index (χ1v) is 32.9. The molecule has 9 rings (SSSR count). The number of unbranched alkanes of at least 4 members (excludes halogenated alkanes) is 7. The van der Waals surface area contributed by atoms with Crippen LogP contribution in [0.1, 0.15) is 175 Å². The molecule has 6 heterocycles. The Hall–Kier alpha value is -9.83. The number of ether oxygens (including phenoxy) is 2. The third kappa shape index (κ3) is 22.4. The van der Waals surface area contributed by atoms with E-state index in [4.69, 9.17) is 14.6 Å². The maximum Gasteiger partial charge on any atom is 0.417 e. The number of nitro benzene ring substituents is 1. The summed E-state index contributed by atoms with van der Waals surface area (Å²) < 4.78 is 15.7. The molecule has 1 amide bonds. The number of nitro groups is 1. The molecule has 7 N–H and O–H groups in total. The summed E-state index contributed by atoms with van der Waals surface area (Å²) in [7, 11) is 0. The van der Waals surface area contributed by atoms with E-state index in [0.717, 1.165) is 76.6 Å². The first kappa shape index (κ1) is 72.6. The number of carboxylic acids is 3. The van der Waals surface area contributed by atoms with Gasteiger partial charge >= 0.3 is 24.0 Å². The maximum absolute atomic E-state index is 13.1. The van der Waals surface area contributed by atoms with Gasteiger partial charge in [0, 0.05) is 38.8 Å². The van der Waals surface area contributed by atoms with E-state index in [2.05, 4.69) is 118 Å². The first-order chi connectivity index (χ1) is 45.6. The summed E-state index contributed by atoms with van der Waals surface area (Å²) in [6.45, 7) is 18.3. The molecule has 1 fully saturated rings. The molecule has 0 spiro atoms. The fourth-order valence-corrected chi connectivity index (χ4v) is 10.4. The highest BCUT2D eigenvalue weighted by Crippen LogP contribution is 2.34. The van der Waals surface area contributed by atoms with Gasteiger partial charge in [-0.2, -0.15) is 29.9 Å². The van der Waals surface area contributed by atoms with Crippen molar-refractivity contribution in [2.75, 3.05) is 52.3 Å². The quantitative estimate of drug-likeness (QED) is 0.0114. The minimum atomic E-state index is -1.12. The molecule has 512 valence electrons. The predicted molar refractivity (Wildman–Crippen MR) is 363 cm³/mol. The molecular formula is C66H92N18O11. The van der Waals surface area contributed by atoms with Gasteiger partial charge in [-0.1, -0.05) is 129 Å². The average Bonchev–Trinajstić information content (AvgIpc) is 1.67. The zero-order valence-corrected chi connectivity index (χ0v) is 55.8. The van der Waals surface area contributed by atoms with Gasteiger partial charge < -0.3 is 59.8 Å². The lowest BCUT2D eigenvalue weighted by Gasteiger charge is -2.26. The lowest BCUT2D eigenvalue weighted by molar-refractivity contribution is -0.384. The first-order valence-electron chi connectivity index (χ1n) is 32.9. The second-order valence-corrected chi connectivity index (χ2v) is 24.8. The van der Waals surface area contributed by atoms with Crippen molar-refractivity contribution in [3.05, 3.63) is 88.8 Å². The van der Waals surface area contributed by atoms with Crippen molar-refractivity contribution in [2.45, 2.75) is 196 Å². The number of hydrogen-bond donors (Lipinski definition) is 7. The van der Waals surface area contributed by atoms with Gasteiger partial charge in [-0.05, 0) is 88.3 Å². The van der Waals surface area contributed by atoms with Gasteiger partial charge in [0.05, 0.1) is 30.0 Å². The number of imidazole rings is 3. The molecule has 6 aromatic heterocycles. The number of non-ortho nitro benzene ring substituents is 1. The highest BCUT2D eigenvalue weighted by Gasteiger charge is 2.29. The monoisotopic (exact) mass is 1310 g/mol. The Morgan fingerprint density at radius 3 is 1.73 bits per heavy atom. The summed E-state index contributed by atoms with van der Waals surface area (Å²) in [5.41, 5.74) is 4.12. The van der Waals surface area contributed by atoms with E-state index in [9.17, 15) is 39.5 Å².